The number of imide groups is 2. The summed E-state index contributed by atoms with van der Waals surface area (Å²) in [5.74, 6) is 0.654. The van der Waals surface area contributed by atoms with Crippen LogP contribution in [0.25, 0.3) is 43.8 Å². The van der Waals surface area contributed by atoms with Crippen LogP contribution in [0, 0.1) is 0 Å². The molecule has 6 nitrogen and oxygen atoms in total. The molecule has 0 aromatic heterocycles. The summed E-state index contributed by atoms with van der Waals surface area (Å²) in [5.41, 5.74) is 12.2. The van der Waals surface area contributed by atoms with Crippen LogP contribution in [0.4, 0.5) is 11.4 Å². The van der Waals surface area contributed by atoms with Gasteiger partial charge in [0, 0.05) is 37.5 Å². The highest BCUT2D eigenvalue weighted by atomic mass is 79.9. The number of halogens is 1. The third-order valence-corrected chi connectivity index (χ3v) is 17.6. The van der Waals surface area contributed by atoms with E-state index in [0.717, 1.165) is 85.7 Å². The van der Waals surface area contributed by atoms with Gasteiger partial charge >= 0.3 is 0 Å². The highest BCUT2D eigenvalue weighted by Crippen LogP contribution is 2.48. The van der Waals surface area contributed by atoms with Gasteiger partial charge in [0.1, 0.15) is 0 Å². The minimum Gasteiger partial charge on any atom is -0.268 e. The van der Waals surface area contributed by atoms with Crippen molar-refractivity contribution in [3.63, 3.8) is 0 Å². The van der Waals surface area contributed by atoms with Crippen LogP contribution < -0.4 is 9.80 Å². The Kier molecular flexibility index (Phi) is 10.6. The quantitative estimate of drug-likeness (QED) is 0.142. The molecule has 0 spiro atoms. The van der Waals surface area contributed by atoms with Crippen LogP contribution in [0.3, 0.4) is 0 Å². The summed E-state index contributed by atoms with van der Waals surface area (Å²) in [7, 11) is 0. The monoisotopic (exact) mass is 970 g/mol. The molecule has 0 unspecified atom stereocenters. The zero-order valence-electron chi connectivity index (χ0n) is 39.0. The van der Waals surface area contributed by atoms with Gasteiger partial charge < -0.3 is 0 Å². The van der Waals surface area contributed by atoms with Crippen molar-refractivity contribution < 1.29 is 19.2 Å². The Morgan fingerprint density at radius 2 is 0.710 bits per heavy atom. The first-order chi connectivity index (χ1) is 33.8. The van der Waals surface area contributed by atoms with Gasteiger partial charge in [-0.2, -0.15) is 0 Å². The lowest BCUT2D eigenvalue weighted by molar-refractivity contribution is 0.0877. The van der Waals surface area contributed by atoms with Crippen molar-refractivity contribution in [1.29, 1.82) is 0 Å². The second-order valence-electron chi connectivity index (χ2n) is 21.0. The van der Waals surface area contributed by atoms with Crippen LogP contribution in [-0.4, -0.2) is 23.6 Å². The molecule has 4 amide bonds. The van der Waals surface area contributed by atoms with Gasteiger partial charge in [-0.15, -0.1) is 0 Å². The maximum atomic E-state index is 14.8. The molecular formula is C62H55BrN2O4. The van der Waals surface area contributed by atoms with Crippen LogP contribution in [-0.2, 0) is 0 Å². The standard InChI is InChI=1S/C62H55BrN2O4/c63-44-32-42(45-25-27-51-57-47(45)19-9-21-49(57)59(66)64(61(51)68)55-29-23-40(36-11-1-2-12-36)34-53(55)38-15-5-6-16-38)31-43(33-44)46-26-28-52-58-48(46)20-10-22-50(58)60(67)65(62(52)69)56-30-24-41(37-13-3-4-14-37)35-54(56)39-17-7-8-18-39/h9-10,19-39H,1-8,11-18H2. The van der Waals surface area contributed by atoms with Gasteiger partial charge in [0.25, 0.3) is 23.6 Å². The van der Waals surface area contributed by atoms with Gasteiger partial charge in [0.05, 0.1) is 11.4 Å². The average Bonchev–Trinajstić information content (AvgIpc) is 4.24. The Labute approximate surface area is 412 Å². The third kappa shape index (κ3) is 7.00. The van der Waals surface area contributed by atoms with Gasteiger partial charge in [-0.3, -0.25) is 19.2 Å². The summed E-state index contributed by atoms with van der Waals surface area (Å²) in [6, 6.07) is 38.9. The van der Waals surface area contributed by atoms with Gasteiger partial charge in [-0.25, -0.2) is 9.80 Å². The smallest absolute Gasteiger partial charge is 0.265 e. The first-order valence-corrected chi connectivity index (χ1v) is 26.6. The van der Waals surface area contributed by atoms with E-state index in [0.29, 0.717) is 56.7 Å². The lowest BCUT2D eigenvalue weighted by Gasteiger charge is -2.31. The normalized spacial score (nSPS) is 19.1. The Hall–Kier alpha value is -6.18. The molecule has 0 bridgehead atoms. The number of hydrogen-bond donors (Lipinski definition) is 0. The van der Waals surface area contributed by atoms with Crippen LogP contribution >= 0.6 is 15.9 Å². The second kappa shape index (κ2) is 17.0. The molecule has 344 valence electrons. The molecule has 4 saturated carbocycles. The van der Waals surface area contributed by atoms with Crippen molar-refractivity contribution in [2.45, 2.75) is 126 Å². The number of rotatable bonds is 8. The van der Waals surface area contributed by atoms with Crippen LogP contribution in [0.5, 0.6) is 0 Å². The minimum atomic E-state index is -0.277. The Bertz CT molecular complexity index is 3070. The third-order valence-electron chi connectivity index (χ3n) is 17.2. The molecule has 2 heterocycles. The summed E-state index contributed by atoms with van der Waals surface area (Å²) >= 11 is 3.84. The van der Waals surface area contributed by atoms with Crippen molar-refractivity contribution in [3.8, 4) is 22.3 Å². The number of carbonyl (C=O) groups excluding carboxylic acids is 4. The lowest BCUT2D eigenvalue weighted by atomic mass is 9.85. The van der Waals surface area contributed by atoms with E-state index in [1.54, 1.807) is 0 Å². The fraction of sp³-hybridized carbons (Fsp3) is 0.323. The summed E-state index contributed by atoms with van der Waals surface area (Å²) in [4.78, 5) is 62.2. The summed E-state index contributed by atoms with van der Waals surface area (Å²) in [5, 5.41) is 3.04. The molecule has 0 N–H and O–H groups in total. The number of amides is 4. The van der Waals surface area contributed by atoms with E-state index in [-0.39, 0.29) is 23.6 Å². The number of hydrogen-bond acceptors (Lipinski definition) is 4. The molecular weight excluding hydrogens is 917 g/mol. The molecule has 13 rings (SSSR count). The molecule has 4 aliphatic carbocycles. The highest BCUT2D eigenvalue weighted by Gasteiger charge is 2.39. The van der Waals surface area contributed by atoms with E-state index in [4.69, 9.17) is 0 Å². The molecule has 6 aliphatic rings. The maximum Gasteiger partial charge on any atom is 0.265 e. The first-order valence-electron chi connectivity index (χ1n) is 25.8. The van der Waals surface area contributed by atoms with E-state index >= 15 is 0 Å². The van der Waals surface area contributed by atoms with Crippen LogP contribution in [0.15, 0.2) is 120 Å². The second-order valence-corrected chi connectivity index (χ2v) is 21.9. The van der Waals surface area contributed by atoms with Crippen molar-refractivity contribution in [1.82, 2.24) is 0 Å². The molecule has 4 fully saturated rings. The molecule has 0 radical (unpaired) electrons. The predicted molar refractivity (Wildman–Crippen MR) is 280 cm³/mol. The summed E-state index contributed by atoms with van der Waals surface area (Å²) < 4.78 is 0.855. The fourth-order valence-electron chi connectivity index (χ4n) is 13.7. The minimum absolute atomic E-state index is 0.277. The highest BCUT2D eigenvalue weighted by molar-refractivity contribution is 9.10. The van der Waals surface area contributed by atoms with Crippen molar-refractivity contribution in [3.05, 3.63) is 164 Å². The number of carbonyl (C=O) groups is 4. The molecule has 2 aliphatic heterocycles. The van der Waals surface area contributed by atoms with Crippen molar-refractivity contribution >= 4 is 72.5 Å². The zero-order chi connectivity index (χ0) is 46.5. The van der Waals surface area contributed by atoms with Gasteiger partial charge in [0.2, 0.25) is 0 Å². The van der Waals surface area contributed by atoms with Crippen molar-refractivity contribution in [2.75, 3.05) is 9.80 Å². The van der Waals surface area contributed by atoms with Gasteiger partial charge in [-0.05, 0) is 185 Å². The van der Waals surface area contributed by atoms with E-state index in [2.05, 4.69) is 70.5 Å². The Morgan fingerprint density at radius 3 is 1.10 bits per heavy atom. The average molecular weight is 972 g/mol. The topological polar surface area (TPSA) is 74.8 Å². The Balaban J connectivity index is 0.868. The molecule has 0 atom stereocenters. The maximum absolute atomic E-state index is 14.8. The van der Waals surface area contributed by atoms with E-state index in [1.165, 1.54) is 98.0 Å². The SMILES string of the molecule is O=C1c2cccc3c(-c4cc(Br)cc(-c5ccc6c7c(cccc57)C(=O)N(c5ccc(C7CCCC7)cc5C5CCCC5)C6=O)c4)ccc(c23)C(=O)N1c1ccc(C2CCCC2)cc1C1CCCC1. The van der Waals surface area contributed by atoms with Gasteiger partial charge in [-0.1, -0.05) is 128 Å². The number of nitrogens with zero attached hydrogens (tertiary/aromatic N) is 2. The lowest BCUT2D eigenvalue weighted by Crippen LogP contribution is -2.41. The first kappa shape index (κ1) is 42.9. The predicted octanol–water partition coefficient (Wildman–Crippen LogP) is 16.3. The number of benzene rings is 7. The van der Waals surface area contributed by atoms with Crippen molar-refractivity contribution in [2.24, 2.45) is 0 Å². The van der Waals surface area contributed by atoms with E-state index in [9.17, 15) is 19.2 Å². The summed E-state index contributed by atoms with van der Waals surface area (Å²) in [6.07, 6.45) is 18.8. The molecule has 0 saturated heterocycles. The fourth-order valence-corrected chi connectivity index (χ4v) is 14.2. The summed E-state index contributed by atoms with van der Waals surface area (Å²) in [6.45, 7) is 0. The van der Waals surface area contributed by atoms with Crippen LogP contribution in [0.2, 0.25) is 0 Å². The molecule has 7 heteroatoms. The molecule has 69 heavy (non-hydrogen) atoms. The van der Waals surface area contributed by atoms with E-state index in [1.807, 2.05) is 60.7 Å². The van der Waals surface area contributed by atoms with Crippen LogP contribution in [0.1, 0.15) is 190 Å². The van der Waals surface area contributed by atoms with E-state index < -0.39 is 0 Å². The Morgan fingerprint density at radius 1 is 0.362 bits per heavy atom. The van der Waals surface area contributed by atoms with Gasteiger partial charge in [0.15, 0.2) is 0 Å². The largest absolute Gasteiger partial charge is 0.268 e. The molecule has 7 aromatic carbocycles. The zero-order valence-corrected chi connectivity index (χ0v) is 40.6. The number of anilines is 2. The molecule has 7 aromatic rings.